The van der Waals surface area contributed by atoms with Crippen LogP contribution >= 0.6 is 11.3 Å². The Kier molecular flexibility index (Phi) is 7.23. The quantitative estimate of drug-likeness (QED) is 0.700. The van der Waals surface area contributed by atoms with E-state index in [9.17, 15) is 0 Å². The van der Waals surface area contributed by atoms with Crippen molar-refractivity contribution in [1.29, 1.82) is 0 Å². The van der Waals surface area contributed by atoms with Crippen LogP contribution in [-0.2, 0) is 11.3 Å². The number of hydrogen-bond donors (Lipinski definition) is 1. The third-order valence-electron chi connectivity index (χ3n) is 2.50. The molecule has 1 N–H and O–H groups in total. The van der Waals surface area contributed by atoms with Gasteiger partial charge in [-0.1, -0.05) is 13.8 Å². The highest BCUT2D eigenvalue weighted by Gasteiger charge is 2.06. The Labute approximate surface area is 114 Å². The summed E-state index contributed by atoms with van der Waals surface area (Å²) >= 11 is 1.69. The molecule has 1 heterocycles. The molecular formula is C13H25N3OS. The molecule has 0 atom stereocenters. The van der Waals surface area contributed by atoms with E-state index < -0.39 is 0 Å². The summed E-state index contributed by atoms with van der Waals surface area (Å²) in [4.78, 5) is 6.76. The van der Waals surface area contributed by atoms with Crippen LogP contribution in [0.3, 0.4) is 0 Å². The summed E-state index contributed by atoms with van der Waals surface area (Å²) in [6.45, 7) is 10.7. The average molecular weight is 271 g/mol. The predicted molar refractivity (Wildman–Crippen MR) is 78.4 cm³/mol. The standard InChI is InChI=1S/C13H25N3OS/c1-5-17-7-6-16(4)13-15-12(10-18-13)9-14-8-11(2)3/h10-11,14H,5-9H2,1-4H3. The van der Waals surface area contributed by atoms with Crippen LogP contribution in [0.2, 0.25) is 0 Å². The van der Waals surface area contributed by atoms with Gasteiger partial charge < -0.3 is 15.0 Å². The van der Waals surface area contributed by atoms with E-state index in [0.29, 0.717) is 5.92 Å². The van der Waals surface area contributed by atoms with Crippen LogP contribution in [0, 0.1) is 5.92 Å². The maximum Gasteiger partial charge on any atom is 0.185 e. The van der Waals surface area contributed by atoms with Gasteiger partial charge in [0.25, 0.3) is 0 Å². The normalized spacial score (nSPS) is 11.2. The molecule has 18 heavy (non-hydrogen) atoms. The van der Waals surface area contributed by atoms with Crippen molar-refractivity contribution in [1.82, 2.24) is 10.3 Å². The number of ether oxygens (including phenoxy) is 1. The molecular weight excluding hydrogens is 246 g/mol. The molecule has 104 valence electrons. The lowest BCUT2D eigenvalue weighted by atomic mass is 10.2. The van der Waals surface area contributed by atoms with Crippen LogP contribution in [0.1, 0.15) is 26.5 Å². The van der Waals surface area contributed by atoms with E-state index in [0.717, 1.165) is 43.7 Å². The van der Waals surface area contributed by atoms with E-state index in [-0.39, 0.29) is 0 Å². The van der Waals surface area contributed by atoms with E-state index in [4.69, 9.17) is 4.74 Å². The highest BCUT2D eigenvalue weighted by atomic mass is 32.1. The average Bonchev–Trinajstić information content (AvgIpc) is 2.77. The lowest BCUT2D eigenvalue weighted by Gasteiger charge is -2.15. The SMILES string of the molecule is CCOCCN(C)c1nc(CNCC(C)C)cs1. The van der Waals surface area contributed by atoms with Gasteiger partial charge in [-0.2, -0.15) is 0 Å². The Morgan fingerprint density at radius 1 is 1.50 bits per heavy atom. The van der Waals surface area contributed by atoms with Crippen LogP contribution in [0.4, 0.5) is 5.13 Å². The summed E-state index contributed by atoms with van der Waals surface area (Å²) in [5.41, 5.74) is 1.12. The monoisotopic (exact) mass is 271 g/mol. The van der Waals surface area contributed by atoms with Gasteiger partial charge in [0, 0.05) is 32.1 Å². The molecule has 1 aromatic rings. The number of anilines is 1. The Hall–Kier alpha value is -0.650. The van der Waals surface area contributed by atoms with Gasteiger partial charge in [-0.3, -0.25) is 0 Å². The van der Waals surface area contributed by atoms with Crippen LogP contribution in [0.25, 0.3) is 0 Å². The lowest BCUT2D eigenvalue weighted by Crippen LogP contribution is -2.23. The molecule has 0 amide bonds. The summed E-state index contributed by atoms with van der Waals surface area (Å²) < 4.78 is 5.35. The topological polar surface area (TPSA) is 37.4 Å². The summed E-state index contributed by atoms with van der Waals surface area (Å²) in [5.74, 6) is 0.678. The van der Waals surface area contributed by atoms with Crippen LogP contribution in [0.15, 0.2) is 5.38 Å². The minimum Gasteiger partial charge on any atom is -0.380 e. The first-order valence-corrected chi connectivity index (χ1v) is 7.45. The van der Waals surface area contributed by atoms with Crippen molar-refractivity contribution in [3.8, 4) is 0 Å². The van der Waals surface area contributed by atoms with Gasteiger partial charge in [0.05, 0.1) is 12.3 Å². The van der Waals surface area contributed by atoms with Crippen LogP contribution < -0.4 is 10.2 Å². The first-order valence-electron chi connectivity index (χ1n) is 6.57. The van der Waals surface area contributed by atoms with Crippen LogP contribution in [0.5, 0.6) is 0 Å². The molecule has 0 aromatic carbocycles. The second kappa shape index (κ2) is 8.45. The molecule has 0 saturated carbocycles. The van der Waals surface area contributed by atoms with Crippen molar-refractivity contribution >= 4 is 16.5 Å². The zero-order valence-corrected chi connectivity index (χ0v) is 12.7. The second-order valence-electron chi connectivity index (χ2n) is 4.76. The van der Waals surface area contributed by atoms with Gasteiger partial charge >= 0.3 is 0 Å². The lowest BCUT2D eigenvalue weighted by molar-refractivity contribution is 0.154. The van der Waals surface area contributed by atoms with E-state index in [1.165, 1.54) is 0 Å². The Balaban J connectivity index is 2.32. The molecule has 0 aliphatic heterocycles. The Morgan fingerprint density at radius 3 is 2.94 bits per heavy atom. The van der Waals surface area contributed by atoms with E-state index in [1.54, 1.807) is 11.3 Å². The van der Waals surface area contributed by atoms with Gasteiger partial charge in [-0.05, 0) is 19.4 Å². The predicted octanol–water partition coefficient (Wildman–Crippen LogP) is 2.36. The zero-order valence-electron chi connectivity index (χ0n) is 11.9. The summed E-state index contributed by atoms with van der Waals surface area (Å²) in [5, 5.41) is 6.60. The highest BCUT2D eigenvalue weighted by Crippen LogP contribution is 2.18. The minimum absolute atomic E-state index is 0.678. The maximum absolute atomic E-state index is 5.35. The molecule has 4 nitrogen and oxygen atoms in total. The number of hydrogen-bond acceptors (Lipinski definition) is 5. The Morgan fingerprint density at radius 2 is 2.28 bits per heavy atom. The fourth-order valence-corrected chi connectivity index (χ4v) is 2.30. The van der Waals surface area contributed by atoms with Crippen molar-refractivity contribution < 1.29 is 4.74 Å². The number of nitrogens with one attached hydrogen (secondary N) is 1. The van der Waals surface area contributed by atoms with Crippen molar-refractivity contribution in [2.45, 2.75) is 27.3 Å². The molecule has 0 aliphatic carbocycles. The molecule has 5 heteroatoms. The first kappa shape index (κ1) is 15.4. The fourth-order valence-electron chi connectivity index (χ4n) is 1.48. The molecule has 0 aliphatic rings. The van der Waals surface area contributed by atoms with Crippen molar-refractivity contribution in [3.63, 3.8) is 0 Å². The van der Waals surface area contributed by atoms with Gasteiger partial charge in [0.15, 0.2) is 5.13 Å². The van der Waals surface area contributed by atoms with E-state index >= 15 is 0 Å². The van der Waals surface area contributed by atoms with Gasteiger partial charge in [0.2, 0.25) is 0 Å². The number of nitrogens with zero attached hydrogens (tertiary/aromatic N) is 2. The molecule has 0 spiro atoms. The zero-order chi connectivity index (χ0) is 13.4. The highest BCUT2D eigenvalue weighted by molar-refractivity contribution is 7.13. The summed E-state index contributed by atoms with van der Waals surface area (Å²) in [7, 11) is 2.06. The molecule has 1 rings (SSSR count). The van der Waals surface area contributed by atoms with Crippen LogP contribution in [-0.4, -0.2) is 38.3 Å². The first-order chi connectivity index (χ1) is 8.63. The fraction of sp³-hybridized carbons (Fsp3) is 0.769. The maximum atomic E-state index is 5.35. The Bertz CT molecular complexity index is 328. The second-order valence-corrected chi connectivity index (χ2v) is 5.60. The summed E-state index contributed by atoms with van der Waals surface area (Å²) in [6, 6.07) is 0. The number of thiazole rings is 1. The van der Waals surface area contributed by atoms with Crippen molar-refractivity contribution in [2.24, 2.45) is 5.92 Å². The van der Waals surface area contributed by atoms with Gasteiger partial charge in [-0.15, -0.1) is 11.3 Å². The molecule has 0 radical (unpaired) electrons. The molecule has 0 fully saturated rings. The minimum atomic E-state index is 0.678. The molecule has 1 aromatic heterocycles. The number of aromatic nitrogens is 1. The van der Waals surface area contributed by atoms with E-state index in [1.807, 2.05) is 6.92 Å². The van der Waals surface area contributed by atoms with Gasteiger partial charge in [-0.25, -0.2) is 4.98 Å². The third kappa shape index (κ3) is 5.80. The van der Waals surface area contributed by atoms with E-state index in [2.05, 4.69) is 41.5 Å². The third-order valence-corrected chi connectivity index (χ3v) is 3.50. The number of rotatable bonds is 9. The van der Waals surface area contributed by atoms with Crippen molar-refractivity contribution in [3.05, 3.63) is 11.1 Å². The van der Waals surface area contributed by atoms with Crippen molar-refractivity contribution in [2.75, 3.05) is 38.3 Å². The number of likely N-dealkylation sites (N-methyl/N-ethyl adjacent to an activating group) is 1. The molecule has 0 bridgehead atoms. The van der Waals surface area contributed by atoms with Gasteiger partial charge in [0.1, 0.15) is 0 Å². The largest absolute Gasteiger partial charge is 0.380 e. The molecule has 0 saturated heterocycles. The molecule has 0 unspecified atom stereocenters. The smallest absolute Gasteiger partial charge is 0.185 e. The summed E-state index contributed by atoms with van der Waals surface area (Å²) in [6.07, 6.45) is 0.